The van der Waals surface area contributed by atoms with Crippen LogP contribution in [0, 0.1) is 18.8 Å². The van der Waals surface area contributed by atoms with E-state index < -0.39 is 17.6 Å². The van der Waals surface area contributed by atoms with Crippen LogP contribution in [0.15, 0.2) is 65.7 Å². The molecule has 0 aliphatic heterocycles. The normalized spacial score (nSPS) is 12.0. The molecule has 1 amide bonds. The number of carbonyl (C=O) groups excluding carboxylic acids is 1. The first-order valence-corrected chi connectivity index (χ1v) is 13.0. The Morgan fingerprint density at radius 2 is 1.81 bits per heavy atom. The van der Waals surface area contributed by atoms with Gasteiger partial charge in [-0.25, -0.2) is 9.97 Å². The minimum atomic E-state index is -4.57. The minimum absolute atomic E-state index is 0.0402. The third-order valence-corrected chi connectivity index (χ3v) is 6.17. The van der Waals surface area contributed by atoms with Crippen LogP contribution in [0.2, 0.25) is 0 Å². The molecular formula is C30H33F3N8O. The summed E-state index contributed by atoms with van der Waals surface area (Å²) in [6, 6.07) is 8.67. The molecule has 12 heteroatoms. The van der Waals surface area contributed by atoms with E-state index in [2.05, 4.69) is 48.1 Å². The number of nitrogens with zero attached hydrogens (tertiary/aromatic N) is 3. The SMILES string of the molecule is CN=C(C)C(=CN)Nc1ncc(C#Cc2cc(C(=O)Nc3ccc(CNCCNC)c(C(F)(F)F)c3)ccc2C)cn1. The monoisotopic (exact) mass is 578 g/mol. The third-order valence-electron chi connectivity index (χ3n) is 6.17. The third kappa shape index (κ3) is 8.89. The van der Waals surface area contributed by atoms with Gasteiger partial charge in [0, 0.05) is 62.1 Å². The highest BCUT2D eigenvalue weighted by atomic mass is 19.4. The highest BCUT2D eigenvalue weighted by Gasteiger charge is 2.33. The Morgan fingerprint density at radius 1 is 1.07 bits per heavy atom. The molecule has 6 N–H and O–H groups in total. The Balaban J connectivity index is 1.75. The fraction of sp³-hybridized carbons (Fsp3) is 0.267. The Hall–Kier alpha value is -4.73. The molecule has 9 nitrogen and oxygen atoms in total. The highest BCUT2D eigenvalue weighted by Crippen LogP contribution is 2.34. The molecule has 0 atom stereocenters. The number of benzene rings is 2. The summed E-state index contributed by atoms with van der Waals surface area (Å²) in [7, 11) is 3.41. The molecule has 0 aliphatic carbocycles. The van der Waals surface area contributed by atoms with Crippen LogP contribution in [-0.2, 0) is 12.7 Å². The summed E-state index contributed by atoms with van der Waals surface area (Å²) in [6.07, 6.45) is -0.115. The van der Waals surface area contributed by atoms with Crippen LogP contribution in [0.3, 0.4) is 0 Å². The summed E-state index contributed by atoms with van der Waals surface area (Å²) in [5.74, 6) is 5.74. The summed E-state index contributed by atoms with van der Waals surface area (Å²) in [4.78, 5) is 25.5. The fourth-order valence-corrected chi connectivity index (χ4v) is 3.70. The van der Waals surface area contributed by atoms with Crippen LogP contribution < -0.4 is 27.0 Å². The number of rotatable bonds is 10. The van der Waals surface area contributed by atoms with Crippen molar-refractivity contribution in [3.8, 4) is 11.8 Å². The van der Waals surface area contributed by atoms with Gasteiger partial charge in [0.15, 0.2) is 0 Å². The van der Waals surface area contributed by atoms with Crippen LogP contribution in [0.5, 0.6) is 0 Å². The predicted octanol–water partition coefficient (Wildman–Crippen LogP) is 4.07. The number of hydrogen-bond donors (Lipinski definition) is 5. The lowest BCUT2D eigenvalue weighted by atomic mass is 10.0. The number of allylic oxidation sites excluding steroid dienone is 1. The molecular weight excluding hydrogens is 545 g/mol. The van der Waals surface area contributed by atoms with Gasteiger partial charge in [-0.3, -0.25) is 9.79 Å². The van der Waals surface area contributed by atoms with Gasteiger partial charge in [0.2, 0.25) is 5.95 Å². The number of aliphatic imine (C=N–C) groups is 1. The summed E-state index contributed by atoms with van der Waals surface area (Å²) >= 11 is 0. The molecule has 0 saturated carbocycles. The number of aromatic nitrogens is 2. The molecule has 0 saturated heterocycles. The van der Waals surface area contributed by atoms with E-state index in [4.69, 9.17) is 5.73 Å². The molecule has 0 fully saturated rings. The average molecular weight is 579 g/mol. The van der Waals surface area contributed by atoms with Crippen LogP contribution in [0.4, 0.5) is 24.8 Å². The van der Waals surface area contributed by atoms with Gasteiger partial charge < -0.3 is 27.0 Å². The molecule has 0 spiro atoms. The molecule has 1 heterocycles. The Morgan fingerprint density at radius 3 is 2.45 bits per heavy atom. The van der Waals surface area contributed by atoms with Crippen molar-refractivity contribution in [3.05, 3.63) is 94.1 Å². The van der Waals surface area contributed by atoms with Crippen LogP contribution >= 0.6 is 0 Å². The summed E-state index contributed by atoms with van der Waals surface area (Å²) in [5.41, 5.74) is 8.40. The quantitative estimate of drug-likeness (QED) is 0.139. The summed E-state index contributed by atoms with van der Waals surface area (Å²) < 4.78 is 41.2. The van der Waals surface area contributed by atoms with Gasteiger partial charge in [0.1, 0.15) is 0 Å². The van der Waals surface area contributed by atoms with E-state index in [0.29, 0.717) is 41.6 Å². The molecule has 0 unspecified atom stereocenters. The van der Waals surface area contributed by atoms with Crippen molar-refractivity contribution in [1.82, 2.24) is 20.6 Å². The molecule has 42 heavy (non-hydrogen) atoms. The number of halogens is 3. The van der Waals surface area contributed by atoms with Crippen molar-refractivity contribution < 1.29 is 18.0 Å². The molecule has 1 aromatic heterocycles. The second kappa shape index (κ2) is 14.8. The standard InChI is InChI=1S/C30H33F3N8O/c1-19-5-7-23(13-22(19)8-6-21-16-38-29(39-17-21)41-27(15-34)20(2)36-4)28(42)40-25-10-9-24(18-37-12-11-35-3)26(14-25)30(31,32)33/h5,7,9-10,13-17,35,37H,11-12,18,34H2,1-4H3,(H,40,42)(H,38,39,41). The van der Waals surface area contributed by atoms with Gasteiger partial charge in [-0.15, -0.1) is 0 Å². The van der Waals surface area contributed by atoms with Crippen molar-refractivity contribution >= 4 is 23.3 Å². The van der Waals surface area contributed by atoms with Crippen LogP contribution in [0.25, 0.3) is 0 Å². The van der Waals surface area contributed by atoms with Crippen molar-refractivity contribution in [2.24, 2.45) is 10.7 Å². The number of likely N-dealkylation sites (N-methyl/N-ethyl adjacent to an activating group) is 1. The molecule has 0 bridgehead atoms. The van der Waals surface area contributed by atoms with Crippen molar-refractivity contribution in [2.45, 2.75) is 26.6 Å². The van der Waals surface area contributed by atoms with Crippen LogP contribution in [0.1, 0.15) is 45.1 Å². The van der Waals surface area contributed by atoms with E-state index in [1.165, 1.54) is 18.3 Å². The first-order chi connectivity index (χ1) is 20.0. The van der Waals surface area contributed by atoms with Crippen molar-refractivity contribution in [1.29, 1.82) is 0 Å². The first kappa shape index (κ1) is 31.8. The van der Waals surface area contributed by atoms with E-state index in [-0.39, 0.29) is 23.4 Å². The maximum Gasteiger partial charge on any atom is 0.416 e. The fourth-order valence-electron chi connectivity index (χ4n) is 3.70. The first-order valence-electron chi connectivity index (χ1n) is 13.0. The zero-order chi connectivity index (χ0) is 30.7. The smallest absolute Gasteiger partial charge is 0.403 e. The number of aryl methyl sites for hydroxylation is 1. The van der Waals surface area contributed by atoms with E-state index in [9.17, 15) is 18.0 Å². The zero-order valence-electron chi connectivity index (χ0n) is 23.8. The lowest BCUT2D eigenvalue weighted by molar-refractivity contribution is -0.138. The van der Waals surface area contributed by atoms with E-state index >= 15 is 0 Å². The van der Waals surface area contributed by atoms with Gasteiger partial charge in [0.05, 0.1) is 22.5 Å². The Kier molecular flexibility index (Phi) is 11.2. The topological polar surface area (TPSA) is 129 Å². The Labute approximate surface area is 242 Å². The largest absolute Gasteiger partial charge is 0.416 e. The molecule has 2 aromatic carbocycles. The zero-order valence-corrected chi connectivity index (χ0v) is 23.8. The van der Waals surface area contributed by atoms with Gasteiger partial charge >= 0.3 is 6.18 Å². The number of alkyl halides is 3. The summed E-state index contributed by atoms with van der Waals surface area (Å²) in [6.45, 7) is 4.82. The van der Waals surface area contributed by atoms with E-state index in [1.54, 1.807) is 51.6 Å². The van der Waals surface area contributed by atoms with E-state index in [1.807, 2.05) is 6.92 Å². The molecule has 3 rings (SSSR count). The second-order valence-electron chi connectivity index (χ2n) is 9.19. The minimum Gasteiger partial charge on any atom is -0.403 e. The van der Waals surface area contributed by atoms with Gasteiger partial charge in [0.25, 0.3) is 5.91 Å². The number of carbonyl (C=O) groups is 1. The van der Waals surface area contributed by atoms with E-state index in [0.717, 1.165) is 11.6 Å². The number of hydrogen-bond acceptors (Lipinski definition) is 8. The highest BCUT2D eigenvalue weighted by molar-refractivity contribution is 6.04. The van der Waals surface area contributed by atoms with Crippen molar-refractivity contribution in [2.75, 3.05) is 37.8 Å². The maximum atomic E-state index is 13.7. The number of nitrogens with one attached hydrogen (secondary N) is 4. The number of amides is 1. The lowest BCUT2D eigenvalue weighted by Crippen LogP contribution is -2.25. The molecule has 0 radical (unpaired) electrons. The predicted molar refractivity (Wildman–Crippen MR) is 159 cm³/mol. The molecule has 220 valence electrons. The lowest BCUT2D eigenvalue weighted by Gasteiger charge is -2.16. The van der Waals surface area contributed by atoms with Gasteiger partial charge in [-0.1, -0.05) is 24.0 Å². The molecule has 3 aromatic rings. The van der Waals surface area contributed by atoms with Gasteiger partial charge in [-0.2, -0.15) is 13.2 Å². The van der Waals surface area contributed by atoms with Gasteiger partial charge in [-0.05, 0) is 56.3 Å². The van der Waals surface area contributed by atoms with Crippen LogP contribution in [-0.4, -0.2) is 48.8 Å². The average Bonchev–Trinajstić information content (AvgIpc) is 2.97. The number of nitrogens with two attached hydrogens (primary N) is 1. The maximum absolute atomic E-state index is 13.7. The molecule has 0 aliphatic rings. The van der Waals surface area contributed by atoms with Crippen molar-refractivity contribution in [3.63, 3.8) is 0 Å². The second-order valence-corrected chi connectivity index (χ2v) is 9.19. The Bertz CT molecular complexity index is 1520. The number of anilines is 2. The summed E-state index contributed by atoms with van der Waals surface area (Å²) in [5, 5.41) is 11.4.